The molecular weight excluding hydrogens is 368 g/mol. The van der Waals surface area contributed by atoms with Gasteiger partial charge in [-0.1, -0.05) is 54.1 Å². The summed E-state index contributed by atoms with van der Waals surface area (Å²) in [5, 5.41) is 3.81. The van der Waals surface area contributed by atoms with Crippen molar-refractivity contribution >= 4 is 23.2 Å². The molecular formula is C24H23ClN2O. The van der Waals surface area contributed by atoms with E-state index >= 15 is 0 Å². The van der Waals surface area contributed by atoms with Crippen molar-refractivity contribution in [2.24, 2.45) is 0 Å². The van der Waals surface area contributed by atoms with Crippen LogP contribution in [0.15, 0.2) is 78.9 Å². The number of benzene rings is 3. The maximum Gasteiger partial charge on any atom is 0.251 e. The average Bonchev–Trinajstić information content (AvgIpc) is 3.21. The van der Waals surface area contributed by atoms with E-state index < -0.39 is 0 Å². The molecule has 1 fully saturated rings. The van der Waals surface area contributed by atoms with E-state index in [1.807, 2.05) is 54.6 Å². The van der Waals surface area contributed by atoms with E-state index in [1.54, 1.807) is 0 Å². The maximum atomic E-state index is 12.6. The number of hydrogen-bond acceptors (Lipinski definition) is 2. The average molecular weight is 391 g/mol. The topological polar surface area (TPSA) is 32.3 Å². The van der Waals surface area contributed by atoms with Gasteiger partial charge in [-0.25, -0.2) is 0 Å². The summed E-state index contributed by atoms with van der Waals surface area (Å²) in [4.78, 5) is 15.0. The van der Waals surface area contributed by atoms with E-state index in [0.29, 0.717) is 23.2 Å². The quantitative estimate of drug-likeness (QED) is 0.632. The summed E-state index contributed by atoms with van der Waals surface area (Å²) >= 11 is 6.07. The van der Waals surface area contributed by atoms with Gasteiger partial charge in [-0.15, -0.1) is 0 Å². The van der Waals surface area contributed by atoms with Crippen molar-refractivity contribution in [1.29, 1.82) is 0 Å². The largest absolute Gasteiger partial charge is 0.367 e. The lowest BCUT2D eigenvalue weighted by Crippen LogP contribution is -2.40. The summed E-state index contributed by atoms with van der Waals surface area (Å²) in [5.41, 5.74) is 3.99. The highest BCUT2D eigenvalue weighted by Gasteiger charge is 2.25. The molecule has 1 amide bonds. The fourth-order valence-corrected chi connectivity index (χ4v) is 3.99. The summed E-state index contributed by atoms with van der Waals surface area (Å²) < 4.78 is 0. The minimum atomic E-state index is -0.0300. The first-order valence-corrected chi connectivity index (χ1v) is 10.0. The molecule has 142 valence electrons. The van der Waals surface area contributed by atoms with Crippen molar-refractivity contribution < 1.29 is 4.79 Å². The van der Waals surface area contributed by atoms with E-state index in [9.17, 15) is 4.79 Å². The molecule has 1 aliphatic heterocycles. The molecule has 0 spiro atoms. The molecule has 1 saturated heterocycles. The second-order valence-electron chi connectivity index (χ2n) is 7.12. The lowest BCUT2D eigenvalue weighted by molar-refractivity contribution is 0.0951. The van der Waals surface area contributed by atoms with Gasteiger partial charge in [0.25, 0.3) is 5.91 Å². The molecule has 1 heterocycles. The van der Waals surface area contributed by atoms with Crippen LogP contribution in [0, 0.1) is 0 Å². The van der Waals surface area contributed by atoms with Crippen LogP contribution in [0.3, 0.4) is 0 Å². The third kappa shape index (κ3) is 4.20. The van der Waals surface area contributed by atoms with Crippen LogP contribution < -0.4 is 10.2 Å². The molecule has 3 aromatic rings. The van der Waals surface area contributed by atoms with Crippen LogP contribution in [0.25, 0.3) is 11.1 Å². The number of anilines is 1. The molecule has 0 radical (unpaired) electrons. The molecule has 28 heavy (non-hydrogen) atoms. The van der Waals surface area contributed by atoms with Crippen LogP contribution in [-0.2, 0) is 0 Å². The molecule has 1 unspecified atom stereocenters. The van der Waals surface area contributed by atoms with Crippen molar-refractivity contribution in [2.45, 2.75) is 18.9 Å². The molecule has 0 aromatic heterocycles. The second kappa shape index (κ2) is 8.49. The summed E-state index contributed by atoms with van der Waals surface area (Å²) in [6, 6.07) is 26.2. The lowest BCUT2D eigenvalue weighted by atomic mass is 10.0. The second-order valence-corrected chi connectivity index (χ2v) is 7.56. The highest BCUT2D eigenvalue weighted by Crippen LogP contribution is 2.25. The number of halogens is 1. The molecule has 3 nitrogen and oxygen atoms in total. The van der Waals surface area contributed by atoms with Gasteiger partial charge < -0.3 is 10.2 Å². The molecule has 1 atom stereocenters. The third-order valence-corrected chi connectivity index (χ3v) is 5.50. The minimum absolute atomic E-state index is 0.0300. The Kier molecular flexibility index (Phi) is 5.63. The maximum absolute atomic E-state index is 12.6. The number of hydrogen-bond donors (Lipinski definition) is 1. The predicted molar refractivity (Wildman–Crippen MR) is 116 cm³/mol. The van der Waals surface area contributed by atoms with Crippen molar-refractivity contribution in [2.75, 3.05) is 18.0 Å². The van der Waals surface area contributed by atoms with Gasteiger partial charge in [0.15, 0.2) is 0 Å². The first kappa shape index (κ1) is 18.6. The summed E-state index contributed by atoms with van der Waals surface area (Å²) in [6.07, 6.45) is 2.26. The van der Waals surface area contributed by atoms with Gasteiger partial charge in [0.2, 0.25) is 0 Å². The summed E-state index contributed by atoms with van der Waals surface area (Å²) in [6.45, 7) is 1.70. The van der Waals surface area contributed by atoms with Gasteiger partial charge in [-0.2, -0.15) is 0 Å². The van der Waals surface area contributed by atoms with Crippen LogP contribution in [0.2, 0.25) is 5.02 Å². The molecule has 1 N–H and O–H groups in total. The smallest absolute Gasteiger partial charge is 0.251 e. The molecule has 0 bridgehead atoms. The lowest BCUT2D eigenvalue weighted by Gasteiger charge is -2.27. The zero-order valence-corrected chi connectivity index (χ0v) is 16.4. The number of carbonyl (C=O) groups excluding carboxylic acids is 1. The zero-order valence-electron chi connectivity index (χ0n) is 15.6. The summed E-state index contributed by atoms with van der Waals surface area (Å²) in [5.74, 6) is -0.0300. The van der Waals surface area contributed by atoms with E-state index in [2.05, 4.69) is 34.5 Å². The van der Waals surface area contributed by atoms with E-state index in [4.69, 9.17) is 11.6 Å². The molecule has 1 aliphatic rings. The van der Waals surface area contributed by atoms with Crippen LogP contribution in [0.5, 0.6) is 0 Å². The molecule has 4 heteroatoms. The van der Waals surface area contributed by atoms with Crippen LogP contribution in [0.1, 0.15) is 23.2 Å². The third-order valence-electron chi connectivity index (χ3n) is 5.27. The molecule has 0 aliphatic carbocycles. The van der Waals surface area contributed by atoms with Gasteiger partial charge in [0.05, 0.1) is 0 Å². The Morgan fingerprint density at radius 3 is 2.50 bits per heavy atom. The Morgan fingerprint density at radius 1 is 0.964 bits per heavy atom. The normalized spacial score (nSPS) is 16.2. The molecule has 3 aromatic carbocycles. The number of nitrogens with zero attached hydrogens (tertiary/aromatic N) is 1. The molecule has 4 rings (SSSR count). The Balaban J connectivity index is 1.38. The van der Waals surface area contributed by atoms with Crippen molar-refractivity contribution in [3.63, 3.8) is 0 Å². The Bertz CT molecular complexity index is 940. The van der Waals surface area contributed by atoms with Crippen molar-refractivity contribution in [3.05, 3.63) is 89.4 Å². The van der Waals surface area contributed by atoms with Crippen molar-refractivity contribution in [1.82, 2.24) is 5.32 Å². The number of carbonyl (C=O) groups is 1. The first-order valence-electron chi connectivity index (χ1n) is 9.66. The van der Waals surface area contributed by atoms with Gasteiger partial charge in [-0.05, 0) is 60.4 Å². The fourth-order valence-electron chi connectivity index (χ4n) is 3.80. The van der Waals surface area contributed by atoms with E-state index in [1.165, 1.54) is 5.69 Å². The number of para-hydroxylation sites is 1. The fraction of sp³-hybridized carbons (Fsp3) is 0.208. The number of amides is 1. The SMILES string of the molecule is O=C(NCC1CCCN1c1ccccc1)c1ccc(-c2cccc(Cl)c2)cc1. The van der Waals surface area contributed by atoms with Gasteiger partial charge in [0, 0.05) is 35.4 Å². The van der Waals surface area contributed by atoms with Crippen LogP contribution in [-0.4, -0.2) is 25.0 Å². The number of rotatable bonds is 5. The highest BCUT2D eigenvalue weighted by molar-refractivity contribution is 6.30. The van der Waals surface area contributed by atoms with E-state index in [0.717, 1.165) is 30.5 Å². The van der Waals surface area contributed by atoms with Crippen molar-refractivity contribution in [3.8, 4) is 11.1 Å². The summed E-state index contributed by atoms with van der Waals surface area (Å²) in [7, 11) is 0. The monoisotopic (exact) mass is 390 g/mol. The highest BCUT2D eigenvalue weighted by atomic mass is 35.5. The number of nitrogens with one attached hydrogen (secondary N) is 1. The Hall–Kier alpha value is -2.78. The van der Waals surface area contributed by atoms with E-state index in [-0.39, 0.29) is 5.91 Å². The van der Waals surface area contributed by atoms with Gasteiger partial charge >= 0.3 is 0 Å². The van der Waals surface area contributed by atoms with Crippen LogP contribution >= 0.6 is 11.6 Å². The Labute approximate surface area is 171 Å². The standard InChI is InChI=1S/C24H23ClN2O/c25-21-7-4-6-20(16-21)18-11-13-19(14-12-18)24(28)26-17-23-10-5-15-27(23)22-8-2-1-3-9-22/h1-4,6-9,11-14,16,23H,5,10,15,17H2,(H,26,28). The minimum Gasteiger partial charge on any atom is -0.367 e. The predicted octanol–water partition coefficient (Wildman–Crippen LogP) is 5.41. The Morgan fingerprint density at radius 2 is 1.75 bits per heavy atom. The van der Waals surface area contributed by atoms with Gasteiger partial charge in [-0.3, -0.25) is 4.79 Å². The van der Waals surface area contributed by atoms with Gasteiger partial charge in [0.1, 0.15) is 0 Å². The molecule has 0 saturated carbocycles. The first-order chi connectivity index (χ1) is 13.7. The zero-order chi connectivity index (χ0) is 19.3. The van der Waals surface area contributed by atoms with Crippen LogP contribution in [0.4, 0.5) is 5.69 Å².